The molecular weight excluding hydrogens is 301 g/mol. The third kappa shape index (κ3) is 5.51. The van der Waals surface area contributed by atoms with Crippen LogP contribution in [-0.4, -0.2) is 27.1 Å². The van der Waals surface area contributed by atoms with E-state index in [4.69, 9.17) is 0 Å². The van der Waals surface area contributed by atoms with Crippen LogP contribution in [0.5, 0.6) is 0 Å². The Kier molecular flexibility index (Phi) is 7.00. The molecular formula is C11H20IN3. The lowest BCUT2D eigenvalue weighted by Crippen LogP contribution is -2.21. The normalized spacial score (nSPS) is 10.8. The Morgan fingerprint density at radius 3 is 2.87 bits per heavy atom. The van der Waals surface area contributed by atoms with Gasteiger partial charge in [0.2, 0.25) is 0 Å². The molecule has 0 saturated heterocycles. The molecule has 15 heavy (non-hydrogen) atoms. The average Bonchev–Trinajstić information content (AvgIpc) is 2.63. The third-order valence-corrected chi connectivity index (χ3v) is 3.20. The van der Waals surface area contributed by atoms with Crippen LogP contribution >= 0.6 is 22.6 Å². The largest absolute Gasteiger partial charge is 0.334 e. The second-order valence-electron chi connectivity index (χ2n) is 3.67. The second-order valence-corrected chi connectivity index (χ2v) is 4.75. The summed E-state index contributed by atoms with van der Waals surface area (Å²) < 4.78 is 3.46. The van der Waals surface area contributed by atoms with Crippen molar-refractivity contribution in [1.82, 2.24) is 14.9 Å². The summed E-state index contributed by atoms with van der Waals surface area (Å²) in [4.78, 5) is 4.19. The zero-order chi connectivity index (χ0) is 10.9. The van der Waals surface area contributed by atoms with Gasteiger partial charge in [-0.2, -0.15) is 0 Å². The molecule has 3 nitrogen and oxygen atoms in total. The molecule has 86 valence electrons. The Labute approximate surface area is 106 Å². The van der Waals surface area contributed by atoms with Crippen molar-refractivity contribution in [1.29, 1.82) is 0 Å². The first-order valence-electron chi connectivity index (χ1n) is 5.59. The van der Waals surface area contributed by atoms with Crippen LogP contribution in [0, 0.1) is 6.92 Å². The van der Waals surface area contributed by atoms with E-state index in [1.165, 1.54) is 23.7 Å². The van der Waals surface area contributed by atoms with Gasteiger partial charge >= 0.3 is 0 Å². The number of aryl methyl sites for hydroxylation is 1. The summed E-state index contributed by atoms with van der Waals surface area (Å²) in [6, 6.07) is 0. The van der Waals surface area contributed by atoms with Crippen LogP contribution in [0.2, 0.25) is 0 Å². The number of hydrogen-bond acceptors (Lipinski definition) is 2. The van der Waals surface area contributed by atoms with Gasteiger partial charge in [0.15, 0.2) is 0 Å². The van der Waals surface area contributed by atoms with E-state index in [1.807, 2.05) is 19.3 Å². The smallest absolute Gasteiger partial charge is 0.105 e. The maximum absolute atomic E-state index is 4.19. The number of rotatable bonds is 8. The molecule has 0 amide bonds. The van der Waals surface area contributed by atoms with Gasteiger partial charge in [0, 0.05) is 25.5 Å². The monoisotopic (exact) mass is 321 g/mol. The molecule has 0 saturated carbocycles. The number of unbranched alkanes of at least 4 members (excludes halogenated alkanes) is 2. The molecule has 0 fully saturated rings. The number of hydrogen-bond donors (Lipinski definition) is 1. The predicted octanol–water partition coefficient (Wildman–Crippen LogP) is 2.39. The SMILES string of the molecule is Cc1nccn1CCNCCCCCI. The Bertz CT molecular complexity index is 260. The summed E-state index contributed by atoms with van der Waals surface area (Å²) >= 11 is 2.44. The maximum atomic E-state index is 4.19. The first kappa shape index (κ1) is 13.0. The van der Waals surface area contributed by atoms with Gasteiger partial charge in [-0.1, -0.05) is 29.0 Å². The summed E-state index contributed by atoms with van der Waals surface area (Å²) in [5.41, 5.74) is 0. The summed E-state index contributed by atoms with van der Waals surface area (Å²) in [5.74, 6) is 1.10. The van der Waals surface area contributed by atoms with Gasteiger partial charge in [0.25, 0.3) is 0 Å². The van der Waals surface area contributed by atoms with Crippen LogP contribution in [0.15, 0.2) is 12.4 Å². The van der Waals surface area contributed by atoms with Gasteiger partial charge in [0.1, 0.15) is 5.82 Å². The van der Waals surface area contributed by atoms with Crippen LogP contribution in [0.25, 0.3) is 0 Å². The minimum Gasteiger partial charge on any atom is -0.334 e. The van der Waals surface area contributed by atoms with Gasteiger partial charge in [-0.25, -0.2) is 4.98 Å². The van der Waals surface area contributed by atoms with Crippen molar-refractivity contribution < 1.29 is 0 Å². The van der Waals surface area contributed by atoms with Crippen molar-refractivity contribution in [2.45, 2.75) is 32.7 Å². The molecule has 0 aliphatic rings. The first-order valence-corrected chi connectivity index (χ1v) is 7.11. The van der Waals surface area contributed by atoms with E-state index in [0.29, 0.717) is 0 Å². The van der Waals surface area contributed by atoms with E-state index in [-0.39, 0.29) is 0 Å². The summed E-state index contributed by atoms with van der Waals surface area (Å²) in [5, 5.41) is 3.46. The van der Waals surface area contributed by atoms with Crippen LogP contribution in [-0.2, 0) is 6.54 Å². The molecule has 0 spiro atoms. The lowest BCUT2D eigenvalue weighted by atomic mass is 10.2. The molecule has 0 aromatic carbocycles. The van der Waals surface area contributed by atoms with Crippen molar-refractivity contribution in [2.24, 2.45) is 0 Å². The van der Waals surface area contributed by atoms with Crippen molar-refractivity contribution in [3.8, 4) is 0 Å². The lowest BCUT2D eigenvalue weighted by molar-refractivity contribution is 0.564. The summed E-state index contributed by atoms with van der Waals surface area (Å²) in [7, 11) is 0. The maximum Gasteiger partial charge on any atom is 0.105 e. The minimum absolute atomic E-state index is 1.03. The highest BCUT2D eigenvalue weighted by Crippen LogP contribution is 1.97. The van der Waals surface area contributed by atoms with Gasteiger partial charge < -0.3 is 9.88 Å². The van der Waals surface area contributed by atoms with Crippen LogP contribution < -0.4 is 5.32 Å². The standard InChI is InChI=1S/C11H20IN3/c1-11-14-8-10-15(11)9-7-13-6-4-2-3-5-12/h8,10,13H,2-7,9H2,1H3. The molecule has 0 aliphatic heterocycles. The van der Waals surface area contributed by atoms with Crippen LogP contribution in [0.3, 0.4) is 0 Å². The van der Waals surface area contributed by atoms with Gasteiger partial charge in [0.05, 0.1) is 0 Å². The van der Waals surface area contributed by atoms with E-state index >= 15 is 0 Å². The van der Waals surface area contributed by atoms with Crippen molar-refractivity contribution in [2.75, 3.05) is 17.5 Å². The Balaban J connectivity index is 1.96. The van der Waals surface area contributed by atoms with E-state index in [9.17, 15) is 0 Å². The topological polar surface area (TPSA) is 29.9 Å². The van der Waals surface area contributed by atoms with E-state index in [2.05, 4.69) is 37.5 Å². The fraction of sp³-hybridized carbons (Fsp3) is 0.727. The van der Waals surface area contributed by atoms with E-state index in [0.717, 1.165) is 25.5 Å². The summed E-state index contributed by atoms with van der Waals surface area (Å²) in [6.45, 7) is 5.25. The van der Waals surface area contributed by atoms with Crippen molar-refractivity contribution >= 4 is 22.6 Å². The molecule has 0 unspecified atom stereocenters. The zero-order valence-corrected chi connectivity index (χ0v) is 11.5. The van der Waals surface area contributed by atoms with E-state index in [1.54, 1.807) is 0 Å². The second kappa shape index (κ2) is 8.10. The highest BCUT2D eigenvalue weighted by Gasteiger charge is 1.95. The number of nitrogens with zero attached hydrogens (tertiary/aromatic N) is 2. The summed E-state index contributed by atoms with van der Waals surface area (Å²) in [6.07, 6.45) is 7.89. The lowest BCUT2D eigenvalue weighted by Gasteiger charge is -2.06. The number of imidazole rings is 1. The van der Waals surface area contributed by atoms with Crippen molar-refractivity contribution in [3.05, 3.63) is 18.2 Å². The van der Waals surface area contributed by atoms with E-state index < -0.39 is 0 Å². The highest BCUT2D eigenvalue weighted by atomic mass is 127. The Morgan fingerprint density at radius 1 is 1.33 bits per heavy atom. The fourth-order valence-corrected chi connectivity index (χ4v) is 2.03. The fourth-order valence-electron chi connectivity index (χ4n) is 1.49. The quantitative estimate of drug-likeness (QED) is 0.453. The number of nitrogens with one attached hydrogen (secondary N) is 1. The molecule has 0 bridgehead atoms. The third-order valence-electron chi connectivity index (χ3n) is 2.44. The number of aromatic nitrogens is 2. The van der Waals surface area contributed by atoms with Gasteiger partial charge in [-0.3, -0.25) is 0 Å². The molecule has 1 heterocycles. The number of alkyl halides is 1. The Morgan fingerprint density at radius 2 is 2.20 bits per heavy atom. The Hall–Kier alpha value is -0.100. The molecule has 1 N–H and O–H groups in total. The van der Waals surface area contributed by atoms with Crippen molar-refractivity contribution in [3.63, 3.8) is 0 Å². The van der Waals surface area contributed by atoms with Crippen LogP contribution in [0.4, 0.5) is 0 Å². The predicted molar refractivity (Wildman–Crippen MR) is 72.6 cm³/mol. The molecule has 1 rings (SSSR count). The molecule has 0 atom stereocenters. The minimum atomic E-state index is 1.03. The first-order chi connectivity index (χ1) is 7.34. The van der Waals surface area contributed by atoms with Gasteiger partial charge in [-0.05, 0) is 30.7 Å². The molecule has 0 radical (unpaired) electrons. The molecule has 1 aromatic heterocycles. The molecule has 0 aliphatic carbocycles. The highest BCUT2D eigenvalue weighted by molar-refractivity contribution is 14.1. The number of halogens is 1. The average molecular weight is 321 g/mol. The molecule has 4 heteroatoms. The molecule has 1 aromatic rings. The zero-order valence-electron chi connectivity index (χ0n) is 9.38. The van der Waals surface area contributed by atoms with Crippen LogP contribution in [0.1, 0.15) is 25.1 Å². The van der Waals surface area contributed by atoms with Gasteiger partial charge in [-0.15, -0.1) is 0 Å².